The van der Waals surface area contributed by atoms with Crippen molar-refractivity contribution >= 4 is 27.6 Å². The molecule has 8 nitrogen and oxygen atoms in total. The summed E-state index contributed by atoms with van der Waals surface area (Å²) in [6, 6.07) is 12.4. The van der Waals surface area contributed by atoms with Gasteiger partial charge in [-0.25, -0.2) is 17.5 Å². The highest BCUT2D eigenvalue weighted by Gasteiger charge is 2.42. The lowest BCUT2D eigenvalue weighted by Gasteiger charge is -2.37. The zero-order valence-corrected chi connectivity index (χ0v) is 18.4. The summed E-state index contributed by atoms with van der Waals surface area (Å²) >= 11 is 0. The molecular formula is C22H26N4O4S. The van der Waals surface area contributed by atoms with E-state index in [4.69, 9.17) is 0 Å². The number of benzene rings is 2. The summed E-state index contributed by atoms with van der Waals surface area (Å²) < 4.78 is 26.3. The number of urea groups is 1. The van der Waals surface area contributed by atoms with Gasteiger partial charge in [0.15, 0.2) is 0 Å². The molecule has 2 fully saturated rings. The van der Waals surface area contributed by atoms with Crippen LogP contribution in [-0.4, -0.2) is 68.3 Å². The highest BCUT2D eigenvalue weighted by atomic mass is 32.2. The number of amides is 3. The standard InChI is InChI=1S/C22H26N4O4S/c1-16-8-9-17(2)20(14-16)24-10-12-25(13-11-24)21(27)19-15-26(22(28)23-19)31(29,30)18-6-4-3-5-7-18/h3-9,14,19H,10-13,15H2,1-2H3,(H,23,28)/t19-/m0/s1. The highest BCUT2D eigenvalue weighted by molar-refractivity contribution is 7.89. The molecule has 2 heterocycles. The fourth-order valence-corrected chi connectivity index (χ4v) is 5.40. The molecule has 0 aromatic heterocycles. The molecule has 2 saturated heterocycles. The van der Waals surface area contributed by atoms with E-state index < -0.39 is 22.1 Å². The molecule has 2 aromatic carbocycles. The predicted octanol–water partition coefficient (Wildman–Crippen LogP) is 1.73. The van der Waals surface area contributed by atoms with E-state index in [9.17, 15) is 18.0 Å². The number of nitrogens with zero attached hydrogens (tertiary/aromatic N) is 3. The Labute approximate surface area is 182 Å². The first-order valence-electron chi connectivity index (χ1n) is 10.3. The van der Waals surface area contributed by atoms with Crippen molar-refractivity contribution in [2.24, 2.45) is 0 Å². The van der Waals surface area contributed by atoms with E-state index in [1.165, 1.54) is 28.9 Å². The van der Waals surface area contributed by atoms with Gasteiger partial charge in [0.1, 0.15) is 6.04 Å². The van der Waals surface area contributed by atoms with Gasteiger partial charge in [0.25, 0.3) is 10.0 Å². The Bertz CT molecular complexity index is 1100. The van der Waals surface area contributed by atoms with E-state index in [1.807, 2.05) is 0 Å². The van der Waals surface area contributed by atoms with Crippen molar-refractivity contribution in [2.45, 2.75) is 24.8 Å². The maximum Gasteiger partial charge on any atom is 0.332 e. The van der Waals surface area contributed by atoms with Crippen molar-refractivity contribution in [3.8, 4) is 0 Å². The van der Waals surface area contributed by atoms with Crippen molar-refractivity contribution in [3.63, 3.8) is 0 Å². The number of anilines is 1. The number of aryl methyl sites for hydroxylation is 2. The van der Waals surface area contributed by atoms with Crippen LogP contribution in [-0.2, 0) is 14.8 Å². The van der Waals surface area contributed by atoms with E-state index in [0.717, 1.165) is 4.31 Å². The molecular weight excluding hydrogens is 416 g/mol. The summed E-state index contributed by atoms with van der Waals surface area (Å²) in [5, 5.41) is 2.54. The Balaban J connectivity index is 1.41. The second kappa shape index (κ2) is 8.22. The van der Waals surface area contributed by atoms with Crippen molar-refractivity contribution in [3.05, 3.63) is 59.7 Å². The molecule has 0 radical (unpaired) electrons. The third kappa shape index (κ3) is 4.10. The minimum atomic E-state index is -4.00. The molecule has 4 rings (SSSR count). The second-order valence-electron chi connectivity index (χ2n) is 7.95. The zero-order valence-electron chi connectivity index (χ0n) is 17.6. The molecule has 1 N–H and O–H groups in total. The number of hydrogen-bond donors (Lipinski definition) is 1. The van der Waals surface area contributed by atoms with E-state index in [0.29, 0.717) is 26.2 Å². The lowest BCUT2D eigenvalue weighted by molar-refractivity contribution is -0.133. The quantitative estimate of drug-likeness (QED) is 0.779. The Morgan fingerprint density at radius 2 is 1.68 bits per heavy atom. The van der Waals surface area contributed by atoms with Crippen LogP contribution in [0.15, 0.2) is 53.4 Å². The number of sulfonamides is 1. The normalized spacial score (nSPS) is 19.5. The second-order valence-corrected chi connectivity index (χ2v) is 9.82. The monoisotopic (exact) mass is 442 g/mol. The van der Waals surface area contributed by atoms with Gasteiger partial charge >= 0.3 is 6.03 Å². The van der Waals surface area contributed by atoms with Crippen LogP contribution in [0.2, 0.25) is 0 Å². The SMILES string of the molecule is Cc1ccc(C)c(N2CCN(C(=O)[C@@H]3CN(S(=O)(=O)c4ccccc4)C(=O)N3)CC2)c1. The van der Waals surface area contributed by atoms with E-state index >= 15 is 0 Å². The molecule has 2 aliphatic rings. The van der Waals surface area contributed by atoms with Crippen molar-refractivity contribution in [2.75, 3.05) is 37.6 Å². The average molecular weight is 443 g/mol. The highest BCUT2D eigenvalue weighted by Crippen LogP contribution is 2.24. The van der Waals surface area contributed by atoms with Gasteiger partial charge in [-0.1, -0.05) is 30.3 Å². The molecule has 3 amide bonds. The molecule has 164 valence electrons. The molecule has 0 saturated carbocycles. The van der Waals surface area contributed by atoms with Gasteiger partial charge in [-0.05, 0) is 43.2 Å². The first kappa shape index (κ1) is 21.2. The number of piperazine rings is 1. The Hall–Kier alpha value is -3.07. The van der Waals surface area contributed by atoms with Crippen LogP contribution in [0, 0.1) is 13.8 Å². The third-order valence-electron chi connectivity index (χ3n) is 5.80. The minimum Gasteiger partial charge on any atom is -0.368 e. The summed E-state index contributed by atoms with van der Waals surface area (Å²) in [6.07, 6.45) is 0. The molecule has 31 heavy (non-hydrogen) atoms. The lowest BCUT2D eigenvalue weighted by atomic mass is 10.1. The Kier molecular flexibility index (Phi) is 5.62. The minimum absolute atomic E-state index is 0.0281. The summed E-state index contributed by atoms with van der Waals surface area (Å²) in [5.41, 5.74) is 3.55. The van der Waals surface area contributed by atoms with Crippen molar-refractivity contribution in [1.82, 2.24) is 14.5 Å². The van der Waals surface area contributed by atoms with Gasteiger partial charge < -0.3 is 15.1 Å². The zero-order chi connectivity index (χ0) is 22.2. The van der Waals surface area contributed by atoms with Crippen LogP contribution >= 0.6 is 0 Å². The van der Waals surface area contributed by atoms with Crippen LogP contribution < -0.4 is 10.2 Å². The number of carbonyl (C=O) groups is 2. The van der Waals surface area contributed by atoms with Gasteiger partial charge in [0.05, 0.1) is 11.4 Å². The number of nitrogens with one attached hydrogen (secondary N) is 1. The summed E-state index contributed by atoms with van der Waals surface area (Å²) in [4.78, 5) is 29.3. The van der Waals surface area contributed by atoms with Gasteiger partial charge in [0, 0.05) is 31.9 Å². The van der Waals surface area contributed by atoms with Crippen LogP contribution in [0.1, 0.15) is 11.1 Å². The first-order chi connectivity index (χ1) is 14.8. The van der Waals surface area contributed by atoms with Crippen LogP contribution in [0.4, 0.5) is 10.5 Å². The summed E-state index contributed by atoms with van der Waals surface area (Å²) in [7, 11) is -4.00. The van der Waals surface area contributed by atoms with E-state index in [1.54, 1.807) is 23.1 Å². The van der Waals surface area contributed by atoms with Crippen LogP contribution in [0.3, 0.4) is 0 Å². The van der Waals surface area contributed by atoms with Crippen LogP contribution in [0.25, 0.3) is 0 Å². The number of carbonyl (C=O) groups excluding carboxylic acids is 2. The fraction of sp³-hybridized carbons (Fsp3) is 0.364. The van der Waals surface area contributed by atoms with Gasteiger partial charge in [-0.2, -0.15) is 0 Å². The summed E-state index contributed by atoms with van der Waals surface area (Å²) in [5.74, 6) is -0.250. The average Bonchev–Trinajstić information content (AvgIpc) is 3.18. The van der Waals surface area contributed by atoms with Crippen molar-refractivity contribution in [1.29, 1.82) is 0 Å². The summed E-state index contributed by atoms with van der Waals surface area (Å²) in [6.45, 7) is 6.33. The Morgan fingerprint density at radius 3 is 2.35 bits per heavy atom. The van der Waals surface area contributed by atoms with Gasteiger partial charge in [0.2, 0.25) is 5.91 Å². The number of hydrogen-bond acceptors (Lipinski definition) is 5. The smallest absolute Gasteiger partial charge is 0.332 e. The third-order valence-corrected chi connectivity index (χ3v) is 7.56. The van der Waals surface area contributed by atoms with E-state index in [2.05, 4.69) is 42.3 Å². The molecule has 0 bridgehead atoms. The molecule has 0 unspecified atom stereocenters. The largest absolute Gasteiger partial charge is 0.368 e. The molecule has 2 aliphatic heterocycles. The lowest BCUT2D eigenvalue weighted by Crippen LogP contribution is -2.54. The maximum absolute atomic E-state index is 13.0. The molecule has 9 heteroatoms. The maximum atomic E-state index is 13.0. The molecule has 2 aromatic rings. The molecule has 0 aliphatic carbocycles. The van der Waals surface area contributed by atoms with Crippen LogP contribution in [0.5, 0.6) is 0 Å². The van der Waals surface area contributed by atoms with Gasteiger partial charge in [-0.3, -0.25) is 4.79 Å². The Morgan fingerprint density at radius 1 is 1.00 bits per heavy atom. The van der Waals surface area contributed by atoms with E-state index in [-0.39, 0.29) is 17.3 Å². The van der Waals surface area contributed by atoms with Crippen molar-refractivity contribution < 1.29 is 18.0 Å². The topological polar surface area (TPSA) is 90.0 Å². The molecule has 0 spiro atoms. The fourth-order valence-electron chi connectivity index (χ4n) is 4.03. The van der Waals surface area contributed by atoms with Gasteiger partial charge in [-0.15, -0.1) is 0 Å². The molecule has 1 atom stereocenters. The first-order valence-corrected chi connectivity index (χ1v) is 11.7. The predicted molar refractivity (Wildman–Crippen MR) is 117 cm³/mol. The number of rotatable bonds is 4.